The van der Waals surface area contributed by atoms with Gasteiger partial charge in [-0.15, -0.1) is 0 Å². The summed E-state index contributed by atoms with van der Waals surface area (Å²) in [4.78, 5) is 10.9. The third-order valence-electron chi connectivity index (χ3n) is 12.9. The van der Waals surface area contributed by atoms with Crippen LogP contribution in [0.1, 0.15) is 22.9 Å². The molecule has 0 saturated heterocycles. The van der Waals surface area contributed by atoms with E-state index >= 15 is 0 Å². The fourth-order valence-electron chi connectivity index (χ4n) is 9.95. The van der Waals surface area contributed by atoms with Crippen LogP contribution in [0.25, 0.3) is 93.2 Å². The van der Waals surface area contributed by atoms with E-state index in [9.17, 15) is 0 Å². The Labute approximate surface area is 368 Å². The van der Waals surface area contributed by atoms with Gasteiger partial charge in [0.15, 0.2) is 5.84 Å². The molecule has 300 valence electrons. The Bertz CT molecular complexity index is 3810. The third kappa shape index (κ3) is 5.71. The van der Waals surface area contributed by atoms with Crippen LogP contribution in [0.2, 0.25) is 0 Å². The Balaban J connectivity index is 1.02. The molecule has 3 heterocycles. The van der Waals surface area contributed by atoms with Crippen molar-refractivity contribution < 1.29 is 4.42 Å². The fraction of sp³-hybridized carbons (Fsp3) is 0.0169. The lowest BCUT2D eigenvalue weighted by Gasteiger charge is -2.25. The molecule has 0 radical (unpaired) electrons. The van der Waals surface area contributed by atoms with Crippen molar-refractivity contribution in [3.63, 3.8) is 0 Å². The molecule has 12 aromatic rings. The predicted molar refractivity (Wildman–Crippen MR) is 266 cm³/mol. The summed E-state index contributed by atoms with van der Waals surface area (Å²) in [6, 6.07) is 77.3. The van der Waals surface area contributed by atoms with Gasteiger partial charge < -0.3 is 14.3 Å². The molecule has 2 aromatic heterocycles. The van der Waals surface area contributed by atoms with Gasteiger partial charge in [0.25, 0.3) is 0 Å². The smallest absolute Gasteiger partial charge is 0.160 e. The molecule has 5 heteroatoms. The van der Waals surface area contributed by atoms with Crippen molar-refractivity contribution >= 4 is 77.0 Å². The number of nitrogens with zero attached hydrogens (tertiary/aromatic N) is 3. The van der Waals surface area contributed by atoms with Crippen LogP contribution in [0.15, 0.2) is 233 Å². The molecule has 13 rings (SSSR count). The maximum absolute atomic E-state index is 6.99. The lowest BCUT2D eigenvalue weighted by atomic mass is 9.94. The average Bonchev–Trinajstić information content (AvgIpc) is 3.93. The Morgan fingerprint density at radius 3 is 1.72 bits per heavy atom. The number of nitrogens with one attached hydrogen (secondary N) is 1. The van der Waals surface area contributed by atoms with Crippen LogP contribution in [0.5, 0.6) is 0 Å². The van der Waals surface area contributed by atoms with E-state index in [0.717, 1.165) is 77.0 Å². The fourth-order valence-corrected chi connectivity index (χ4v) is 9.95. The SMILES string of the molecule is c1ccc(-c2ccc(C3=NC(c4ccc(-n5c6ccccc6c6ccccc65)cc4)NC(c4cc5ccccc5c5c4oc4cccc(-c6ccccc6)c45)=N3)c3ccccc23)cc1. The topological polar surface area (TPSA) is 54.8 Å². The van der Waals surface area contributed by atoms with Gasteiger partial charge in [0.2, 0.25) is 0 Å². The van der Waals surface area contributed by atoms with Gasteiger partial charge in [-0.1, -0.05) is 176 Å². The lowest BCUT2D eigenvalue weighted by molar-refractivity contribution is 0.660. The maximum atomic E-state index is 6.99. The normalized spacial score (nSPS) is 14.1. The first-order valence-corrected chi connectivity index (χ1v) is 21.8. The first kappa shape index (κ1) is 36.1. The van der Waals surface area contributed by atoms with E-state index in [1.807, 2.05) is 0 Å². The van der Waals surface area contributed by atoms with Crippen LogP contribution < -0.4 is 5.32 Å². The van der Waals surface area contributed by atoms with Crippen LogP contribution in [0.4, 0.5) is 0 Å². The highest BCUT2D eigenvalue weighted by Crippen LogP contribution is 2.43. The molecule has 1 unspecified atom stereocenters. The van der Waals surface area contributed by atoms with Crippen LogP contribution in [-0.2, 0) is 0 Å². The monoisotopic (exact) mass is 818 g/mol. The molecule has 0 spiro atoms. The second-order valence-electron chi connectivity index (χ2n) is 16.5. The Morgan fingerprint density at radius 1 is 0.438 bits per heavy atom. The highest BCUT2D eigenvalue weighted by molar-refractivity contribution is 6.29. The number of rotatable bonds is 6. The summed E-state index contributed by atoms with van der Waals surface area (Å²) in [5, 5.41) is 12.9. The third-order valence-corrected chi connectivity index (χ3v) is 12.9. The van der Waals surface area contributed by atoms with Crippen molar-refractivity contribution in [3.8, 4) is 27.9 Å². The zero-order valence-electron chi connectivity index (χ0n) is 34.6. The largest absolute Gasteiger partial charge is 0.455 e. The van der Waals surface area contributed by atoms with Gasteiger partial charge >= 0.3 is 0 Å². The summed E-state index contributed by atoms with van der Waals surface area (Å²) in [6.07, 6.45) is -0.451. The minimum atomic E-state index is -0.451. The molecule has 1 aliphatic rings. The molecule has 1 atom stereocenters. The maximum Gasteiger partial charge on any atom is 0.160 e. The Hall–Kier alpha value is -8.54. The minimum absolute atomic E-state index is 0.451. The Morgan fingerprint density at radius 2 is 1.02 bits per heavy atom. The van der Waals surface area contributed by atoms with E-state index in [1.165, 1.54) is 32.9 Å². The number of aromatic nitrogens is 1. The summed E-state index contributed by atoms with van der Waals surface area (Å²) in [5.41, 5.74) is 12.5. The number of benzene rings is 10. The summed E-state index contributed by atoms with van der Waals surface area (Å²) in [6.45, 7) is 0. The molecule has 0 saturated carbocycles. The molecule has 1 N–H and O–H groups in total. The van der Waals surface area contributed by atoms with Crippen LogP contribution in [0, 0.1) is 0 Å². The van der Waals surface area contributed by atoms with Crippen molar-refractivity contribution in [2.45, 2.75) is 6.17 Å². The highest BCUT2D eigenvalue weighted by atomic mass is 16.3. The molecule has 0 amide bonds. The van der Waals surface area contributed by atoms with Gasteiger partial charge in [0.05, 0.1) is 16.6 Å². The number of amidine groups is 2. The second-order valence-corrected chi connectivity index (χ2v) is 16.5. The van der Waals surface area contributed by atoms with Gasteiger partial charge in [0, 0.05) is 32.8 Å². The zero-order valence-corrected chi connectivity index (χ0v) is 34.6. The highest BCUT2D eigenvalue weighted by Gasteiger charge is 2.27. The number of para-hydroxylation sites is 2. The summed E-state index contributed by atoms with van der Waals surface area (Å²) in [7, 11) is 0. The molecular formula is C59H38N4O. The van der Waals surface area contributed by atoms with Crippen molar-refractivity contribution in [3.05, 3.63) is 235 Å². The van der Waals surface area contributed by atoms with Gasteiger partial charge in [-0.05, 0) is 91.8 Å². The molecule has 64 heavy (non-hydrogen) atoms. The first-order chi connectivity index (χ1) is 31.7. The standard InChI is InChI=1S/C59H38N4O/c1-3-16-37(17-4-1)42-34-35-49(46-23-10-9-22-45(42)46)58-60-57(39-30-32-41(33-31-39)63-51-27-13-11-24-47(51)48-25-12-14-28-52(48)63)61-59(62-58)50-36-40-20-7-8-21-44(40)55-54-43(38-18-5-2-6-19-38)26-15-29-53(54)64-56(50)55/h1-36,57H,(H,60,61,62). The number of aliphatic imine (C=N–C) groups is 2. The van der Waals surface area contributed by atoms with Crippen LogP contribution in [-0.4, -0.2) is 16.2 Å². The van der Waals surface area contributed by atoms with Gasteiger partial charge in [-0.3, -0.25) is 0 Å². The van der Waals surface area contributed by atoms with E-state index in [0.29, 0.717) is 11.7 Å². The number of fused-ring (bicyclic) bond motifs is 9. The van der Waals surface area contributed by atoms with Gasteiger partial charge in [-0.25, -0.2) is 9.98 Å². The molecule has 1 aliphatic heterocycles. The summed E-state index contributed by atoms with van der Waals surface area (Å²) < 4.78 is 9.34. The van der Waals surface area contributed by atoms with Crippen molar-refractivity contribution in [2.24, 2.45) is 9.98 Å². The lowest BCUT2D eigenvalue weighted by Crippen LogP contribution is -2.33. The van der Waals surface area contributed by atoms with Crippen molar-refractivity contribution in [1.29, 1.82) is 0 Å². The van der Waals surface area contributed by atoms with Crippen molar-refractivity contribution in [1.82, 2.24) is 9.88 Å². The zero-order chi connectivity index (χ0) is 42.1. The van der Waals surface area contributed by atoms with Crippen LogP contribution in [0.3, 0.4) is 0 Å². The van der Waals surface area contributed by atoms with E-state index in [-0.39, 0.29) is 0 Å². The first-order valence-electron chi connectivity index (χ1n) is 21.8. The van der Waals surface area contributed by atoms with Gasteiger partial charge in [-0.2, -0.15) is 0 Å². The van der Waals surface area contributed by atoms with E-state index in [4.69, 9.17) is 14.4 Å². The second kappa shape index (κ2) is 14.5. The molecule has 0 fully saturated rings. The summed E-state index contributed by atoms with van der Waals surface area (Å²) >= 11 is 0. The predicted octanol–water partition coefficient (Wildman–Crippen LogP) is 14.8. The van der Waals surface area contributed by atoms with Gasteiger partial charge in [0.1, 0.15) is 23.2 Å². The van der Waals surface area contributed by atoms with E-state index in [1.54, 1.807) is 0 Å². The van der Waals surface area contributed by atoms with Crippen molar-refractivity contribution in [2.75, 3.05) is 0 Å². The van der Waals surface area contributed by atoms with E-state index in [2.05, 4.69) is 228 Å². The van der Waals surface area contributed by atoms with Crippen LogP contribution >= 0.6 is 0 Å². The quantitative estimate of drug-likeness (QED) is 0.182. The summed E-state index contributed by atoms with van der Waals surface area (Å²) in [5.74, 6) is 1.36. The Kier molecular flexibility index (Phi) is 8.21. The average molecular weight is 819 g/mol. The molecular weight excluding hydrogens is 781 g/mol. The number of hydrogen-bond donors (Lipinski definition) is 1. The number of hydrogen-bond acceptors (Lipinski definition) is 4. The number of furan rings is 1. The molecule has 0 aliphatic carbocycles. The van der Waals surface area contributed by atoms with E-state index < -0.39 is 6.17 Å². The molecule has 10 aromatic carbocycles. The molecule has 5 nitrogen and oxygen atoms in total. The minimum Gasteiger partial charge on any atom is -0.455 e. The molecule has 0 bridgehead atoms.